The molecule has 2 aromatic heterocycles. The number of amides is 1. The molecule has 28 heavy (non-hydrogen) atoms. The van der Waals surface area contributed by atoms with Crippen molar-refractivity contribution < 1.29 is 4.79 Å². The van der Waals surface area contributed by atoms with E-state index in [0.717, 1.165) is 73.5 Å². The average molecular weight is 425 g/mol. The molecule has 0 aromatic carbocycles. The molecule has 0 saturated carbocycles. The lowest BCUT2D eigenvalue weighted by Crippen LogP contribution is -2.33. The predicted molar refractivity (Wildman–Crippen MR) is 117 cm³/mol. The minimum atomic E-state index is 0. The van der Waals surface area contributed by atoms with Gasteiger partial charge in [0.15, 0.2) is 0 Å². The van der Waals surface area contributed by atoms with E-state index in [-0.39, 0.29) is 30.7 Å². The Kier molecular flexibility index (Phi) is 7.93. The molecule has 1 amide bonds. The summed E-state index contributed by atoms with van der Waals surface area (Å²) in [6.45, 7) is 8.83. The summed E-state index contributed by atoms with van der Waals surface area (Å²) in [5.41, 5.74) is 4.03. The van der Waals surface area contributed by atoms with Crippen molar-refractivity contribution in [2.75, 3.05) is 26.2 Å². The van der Waals surface area contributed by atoms with Crippen molar-refractivity contribution in [2.24, 2.45) is 11.8 Å². The number of halogens is 2. The first-order valence-electron chi connectivity index (χ1n) is 9.70. The summed E-state index contributed by atoms with van der Waals surface area (Å²) in [6.07, 6.45) is 4.06. The molecule has 4 heterocycles. The van der Waals surface area contributed by atoms with Crippen LogP contribution in [0, 0.1) is 25.7 Å². The van der Waals surface area contributed by atoms with Crippen LogP contribution in [0.15, 0.2) is 30.5 Å². The van der Waals surface area contributed by atoms with Crippen molar-refractivity contribution in [3.05, 3.63) is 53.1 Å². The first-order valence-corrected chi connectivity index (χ1v) is 9.70. The van der Waals surface area contributed by atoms with Gasteiger partial charge in [-0.25, -0.2) is 0 Å². The summed E-state index contributed by atoms with van der Waals surface area (Å²) in [7, 11) is 0. The topological polar surface area (TPSA) is 50.2 Å². The number of aromatic nitrogens is 2. The number of likely N-dealkylation sites (tertiary alicyclic amines) is 1. The van der Waals surface area contributed by atoms with Gasteiger partial charge in [0, 0.05) is 30.7 Å². The van der Waals surface area contributed by atoms with Crippen LogP contribution < -0.4 is 5.32 Å². The number of carbonyl (C=O) groups is 1. The Balaban J connectivity index is 0.00000140. The number of fused-ring (bicyclic) bond motifs is 1. The smallest absolute Gasteiger partial charge is 0.255 e. The standard InChI is InChI=1S/C21H28N4O.2ClH/c1-15-11-20(16(2)25(15)14-19-5-3-4-8-23-19)21(26)24-9-6-17-12-22-13-18(17)7-10-24;;/h3-5,8,11,17-18,22H,6-7,9-10,12-14H2,1-2H3;2*1H/t17-,18+;;. The average Bonchev–Trinajstić information content (AvgIpc) is 3.15. The zero-order chi connectivity index (χ0) is 18.1. The molecule has 2 aliphatic rings. The summed E-state index contributed by atoms with van der Waals surface area (Å²) in [5, 5.41) is 3.50. The van der Waals surface area contributed by atoms with Gasteiger partial charge in [-0.2, -0.15) is 0 Å². The lowest BCUT2D eigenvalue weighted by Gasteiger charge is -2.21. The second-order valence-electron chi connectivity index (χ2n) is 7.74. The third kappa shape index (κ3) is 4.53. The van der Waals surface area contributed by atoms with Crippen LogP contribution >= 0.6 is 24.8 Å². The predicted octanol–water partition coefficient (Wildman–Crippen LogP) is 3.46. The van der Waals surface area contributed by atoms with Crippen molar-refractivity contribution in [3.8, 4) is 0 Å². The molecule has 0 spiro atoms. The van der Waals surface area contributed by atoms with Crippen LogP contribution in [0.2, 0.25) is 0 Å². The molecule has 4 rings (SSSR count). The molecule has 2 aromatic rings. The Labute approximate surface area is 179 Å². The van der Waals surface area contributed by atoms with Gasteiger partial charge in [-0.05, 0) is 69.8 Å². The number of pyridine rings is 1. The van der Waals surface area contributed by atoms with Gasteiger partial charge in [-0.15, -0.1) is 24.8 Å². The molecule has 7 heteroatoms. The van der Waals surface area contributed by atoms with Crippen molar-refractivity contribution in [3.63, 3.8) is 0 Å². The fourth-order valence-corrected chi connectivity index (χ4v) is 4.51. The van der Waals surface area contributed by atoms with Gasteiger partial charge < -0.3 is 14.8 Å². The first-order chi connectivity index (χ1) is 12.6. The molecular weight excluding hydrogens is 395 g/mol. The van der Waals surface area contributed by atoms with E-state index in [1.54, 1.807) is 0 Å². The van der Waals surface area contributed by atoms with Crippen molar-refractivity contribution in [2.45, 2.75) is 33.2 Å². The van der Waals surface area contributed by atoms with Crippen LogP contribution in [-0.4, -0.2) is 46.5 Å². The lowest BCUT2D eigenvalue weighted by atomic mass is 9.92. The Morgan fingerprint density at radius 1 is 1.14 bits per heavy atom. The van der Waals surface area contributed by atoms with Crippen LogP contribution in [0.4, 0.5) is 0 Å². The Morgan fingerprint density at radius 3 is 2.43 bits per heavy atom. The van der Waals surface area contributed by atoms with Crippen molar-refractivity contribution >= 4 is 30.7 Å². The quantitative estimate of drug-likeness (QED) is 0.820. The summed E-state index contributed by atoms with van der Waals surface area (Å²) < 4.78 is 2.20. The summed E-state index contributed by atoms with van der Waals surface area (Å²) in [5.74, 6) is 1.67. The third-order valence-corrected chi connectivity index (χ3v) is 6.16. The zero-order valence-electron chi connectivity index (χ0n) is 16.6. The second kappa shape index (κ2) is 9.77. The van der Waals surface area contributed by atoms with E-state index >= 15 is 0 Å². The van der Waals surface area contributed by atoms with E-state index in [4.69, 9.17) is 0 Å². The molecule has 154 valence electrons. The van der Waals surface area contributed by atoms with Crippen LogP contribution in [0.25, 0.3) is 0 Å². The van der Waals surface area contributed by atoms with E-state index in [1.807, 2.05) is 30.5 Å². The normalized spacial score (nSPS) is 21.3. The van der Waals surface area contributed by atoms with Gasteiger partial charge >= 0.3 is 0 Å². The van der Waals surface area contributed by atoms with Crippen LogP contribution in [-0.2, 0) is 6.54 Å². The Morgan fingerprint density at radius 2 is 1.82 bits per heavy atom. The molecule has 0 bridgehead atoms. The molecular formula is C21H30Cl2N4O. The van der Waals surface area contributed by atoms with Gasteiger partial charge in [0.1, 0.15) is 0 Å². The molecule has 5 nitrogen and oxygen atoms in total. The number of carbonyl (C=O) groups excluding carboxylic acids is 1. The van der Waals surface area contributed by atoms with Gasteiger partial charge in [0.25, 0.3) is 5.91 Å². The highest BCUT2D eigenvalue weighted by Gasteiger charge is 2.32. The molecule has 2 fully saturated rings. The van der Waals surface area contributed by atoms with Crippen molar-refractivity contribution in [1.82, 2.24) is 19.8 Å². The van der Waals surface area contributed by atoms with Gasteiger partial charge in [-0.3, -0.25) is 9.78 Å². The molecule has 2 atom stereocenters. The number of nitrogens with zero attached hydrogens (tertiary/aromatic N) is 3. The van der Waals surface area contributed by atoms with Crippen LogP contribution in [0.5, 0.6) is 0 Å². The molecule has 0 aliphatic carbocycles. The van der Waals surface area contributed by atoms with E-state index in [2.05, 4.69) is 33.6 Å². The lowest BCUT2D eigenvalue weighted by molar-refractivity contribution is 0.0757. The number of nitrogens with one attached hydrogen (secondary N) is 1. The Bertz CT molecular complexity index is 779. The molecule has 2 saturated heterocycles. The molecule has 2 aliphatic heterocycles. The molecule has 0 unspecified atom stereocenters. The second-order valence-corrected chi connectivity index (χ2v) is 7.74. The van der Waals surface area contributed by atoms with Gasteiger partial charge in [0.2, 0.25) is 0 Å². The maximum atomic E-state index is 13.2. The highest BCUT2D eigenvalue weighted by atomic mass is 35.5. The van der Waals surface area contributed by atoms with Crippen LogP contribution in [0.3, 0.4) is 0 Å². The maximum Gasteiger partial charge on any atom is 0.255 e. The highest BCUT2D eigenvalue weighted by molar-refractivity contribution is 5.95. The highest BCUT2D eigenvalue weighted by Crippen LogP contribution is 2.28. The van der Waals surface area contributed by atoms with E-state index in [0.29, 0.717) is 6.54 Å². The zero-order valence-corrected chi connectivity index (χ0v) is 18.2. The van der Waals surface area contributed by atoms with E-state index in [1.165, 1.54) is 0 Å². The summed E-state index contributed by atoms with van der Waals surface area (Å²) in [4.78, 5) is 19.7. The fourth-order valence-electron chi connectivity index (χ4n) is 4.51. The Hall–Kier alpha value is -1.56. The van der Waals surface area contributed by atoms with E-state index in [9.17, 15) is 4.79 Å². The summed E-state index contributed by atoms with van der Waals surface area (Å²) >= 11 is 0. The number of hydrogen-bond donors (Lipinski definition) is 1. The SMILES string of the molecule is Cc1cc(C(=O)N2CC[C@@H]3CNC[C@@H]3CC2)c(C)n1Cc1ccccn1.Cl.Cl. The fraction of sp³-hybridized carbons (Fsp3) is 0.524. The van der Waals surface area contributed by atoms with Gasteiger partial charge in [0.05, 0.1) is 17.8 Å². The maximum absolute atomic E-state index is 13.2. The molecule has 1 N–H and O–H groups in total. The van der Waals surface area contributed by atoms with Crippen molar-refractivity contribution in [1.29, 1.82) is 0 Å². The number of hydrogen-bond acceptors (Lipinski definition) is 3. The number of rotatable bonds is 3. The van der Waals surface area contributed by atoms with Gasteiger partial charge in [-0.1, -0.05) is 6.07 Å². The third-order valence-electron chi connectivity index (χ3n) is 6.16. The van der Waals surface area contributed by atoms with E-state index < -0.39 is 0 Å². The number of aryl methyl sites for hydroxylation is 1. The minimum Gasteiger partial charge on any atom is -0.342 e. The summed E-state index contributed by atoms with van der Waals surface area (Å²) in [6, 6.07) is 8.01. The minimum absolute atomic E-state index is 0. The molecule has 0 radical (unpaired) electrons. The van der Waals surface area contributed by atoms with Crippen LogP contribution in [0.1, 0.15) is 40.3 Å². The largest absolute Gasteiger partial charge is 0.342 e. The first kappa shape index (κ1) is 22.7. The monoisotopic (exact) mass is 424 g/mol.